The minimum atomic E-state index is 0.249. The second-order valence-corrected chi connectivity index (χ2v) is 5.74. The van der Waals surface area contributed by atoms with E-state index in [4.69, 9.17) is 23.1 Å². The third kappa shape index (κ3) is 2.43. The van der Waals surface area contributed by atoms with E-state index in [2.05, 4.69) is 15.1 Å². The van der Waals surface area contributed by atoms with Crippen molar-refractivity contribution in [2.24, 2.45) is 0 Å². The molecule has 4 rings (SSSR count). The smallest absolute Gasteiger partial charge is 0.225 e. The fourth-order valence-electron chi connectivity index (χ4n) is 2.49. The van der Waals surface area contributed by atoms with Crippen molar-refractivity contribution in [3.63, 3.8) is 0 Å². The lowest BCUT2D eigenvalue weighted by Crippen LogP contribution is -2.06. The SMILES string of the molecule is Nc1ccccc1-c1nc(N)n2nc(-c3ccc(Cl)cc3)cc2n1. The first-order valence-electron chi connectivity index (χ1n) is 7.26. The number of nitrogens with two attached hydrogens (primary N) is 2. The fraction of sp³-hybridized carbons (Fsp3) is 0. The van der Waals surface area contributed by atoms with Crippen molar-refractivity contribution in [3.8, 4) is 22.6 Å². The Hall–Kier alpha value is -3.12. The average molecular weight is 337 g/mol. The van der Waals surface area contributed by atoms with Crippen LogP contribution >= 0.6 is 11.6 Å². The summed E-state index contributed by atoms with van der Waals surface area (Å²) in [7, 11) is 0. The van der Waals surface area contributed by atoms with Crippen LogP contribution in [-0.4, -0.2) is 19.6 Å². The van der Waals surface area contributed by atoms with Crippen LogP contribution in [-0.2, 0) is 0 Å². The first-order chi connectivity index (χ1) is 11.6. The van der Waals surface area contributed by atoms with Gasteiger partial charge in [-0.3, -0.25) is 0 Å². The Labute approximate surface area is 142 Å². The molecule has 0 bridgehead atoms. The maximum Gasteiger partial charge on any atom is 0.225 e. The Morgan fingerprint density at radius 1 is 0.917 bits per heavy atom. The molecular formula is C17H13ClN6. The number of hydrogen-bond donors (Lipinski definition) is 2. The summed E-state index contributed by atoms with van der Waals surface area (Å²) in [4.78, 5) is 8.85. The van der Waals surface area contributed by atoms with Crippen molar-refractivity contribution < 1.29 is 0 Å². The number of hydrogen-bond acceptors (Lipinski definition) is 5. The highest BCUT2D eigenvalue weighted by molar-refractivity contribution is 6.30. The normalized spacial score (nSPS) is 11.0. The lowest BCUT2D eigenvalue weighted by molar-refractivity contribution is 0.916. The number of benzene rings is 2. The molecule has 24 heavy (non-hydrogen) atoms. The van der Waals surface area contributed by atoms with Crippen molar-refractivity contribution in [1.82, 2.24) is 19.6 Å². The van der Waals surface area contributed by atoms with Gasteiger partial charge < -0.3 is 11.5 Å². The van der Waals surface area contributed by atoms with Crippen molar-refractivity contribution >= 4 is 28.9 Å². The molecule has 2 aromatic heterocycles. The van der Waals surface area contributed by atoms with Gasteiger partial charge in [-0.25, -0.2) is 4.98 Å². The molecule has 0 aliphatic carbocycles. The Bertz CT molecular complexity index is 1040. The molecule has 2 aromatic carbocycles. The molecule has 6 nitrogen and oxygen atoms in total. The van der Waals surface area contributed by atoms with Crippen LogP contribution in [0.25, 0.3) is 28.3 Å². The first-order valence-corrected chi connectivity index (χ1v) is 7.64. The van der Waals surface area contributed by atoms with Gasteiger partial charge in [0.15, 0.2) is 11.5 Å². The minimum absolute atomic E-state index is 0.249. The molecule has 2 heterocycles. The van der Waals surface area contributed by atoms with Gasteiger partial charge in [-0.05, 0) is 24.3 Å². The van der Waals surface area contributed by atoms with E-state index < -0.39 is 0 Å². The minimum Gasteiger partial charge on any atom is -0.398 e. The van der Waals surface area contributed by atoms with Crippen LogP contribution in [0.3, 0.4) is 0 Å². The second kappa shape index (κ2) is 5.50. The van der Waals surface area contributed by atoms with Gasteiger partial charge >= 0.3 is 0 Å². The molecule has 7 heteroatoms. The van der Waals surface area contributed by atoms with Gasteiger partial charge in [0.1, 0.15) is 0 Å². The summed E-state index contributed by atoms with van der Waals surface area (Å²) >= 11 is 5.93. The molecule has 0 fully saturated rings. The van der Waals surface area contributed by atoms with Gasteiger partial charge in [0.25, 0.3) is 0 Å². The Balaban J connectivity index is 1.87. The van der Waals surface area contributed by atoms with Gasteiger partial charge in [-0.15, -0.1) is 0 Å². The predicted molar refractivity (Wildman–Crippen MR) is 95.5 cm³/mol. The summed E-state index contributed by atoms with van der Waals surface area (Å²) in [6.45, 7) is 0. The van der Waals surface area contributed by atoms with E-state index in [1.165, 1.54) is 4.52 Å². The van der Waals surface area contributed by atoms with Gasteiger partial charge in [0, 0.05) is 27.9 Å². The number of halogens is 1. The lowest BCUT2D eigenvalue weighted by Gasteiger charge is -2.05. The number of aromatic nitrogens is 4. The molecule has 0 amide bonds. The highest BCUT2D eigenvalue weighted by atomic mass is 35.5. The molecule has 0 atom stereocenters. The molecule has 118 valence electrons. The van der Waals surface area contributed by atoms with Crippen LogP contribution in [0.15, 0.2) is 54.6 Å². The third-order valence-electron chi connectivity index (χ3n) is 3.69. The van der Waals surface area contributed by atoms with Crippen molar-refractivity contribution in [1.29, 1.82) is 0 Å². The van der Waals surface area contributed by atoms with Crippen LogP contribution in [0.4, 0.5) is 11.6 Å². The summed E-state index contributed by atoms with van der Waals surface area (Å²) in [6.07, 6.45) is 0. The Kier molecular flexibility index (Phi) is 3.32. The quantitative estimate of drug-likeness (QED) is 0.548. The van der Waals surface area contributed by atoms with Gasteiger partial charge in [-0.1, -0.05) is 35.9 Å². The summed E-state index contributed by atoms with van der Waals surface area (Å²) < 4.78 is 1.51. The van der Waals surface area contributed by atoms with Crippen LogP contribution in [0, 0.1) is 0 Å². The average Bonchev–Trinajstić information content (AvgIpc) is 3.00. The van der Waals surface area contributed by atoms with Gasteiger partial charge in [0.2, 0.25) is 5.95 Å². The van der Waals surface area contributed by atoms with E-state index in [0.717, 1.165) is 16.8 Å². The van der Waals surface area contributed by atoms with Crippen LogP contribution in [0.2, 0.25) is 5.02 Å². The number of nitrogens with zero attached hydrogens (tertiary/aromatic N) is 4. The number of anilines is 2. The number of rotatable bonds is 2. The summed E-state index contributed by atoms with van der Waals surface area (Å²) in [5, 5.41) is 5.13. The molecule has 4 aromatic rings. The Morgan fingerprint density at radius 3 is 2.42 bits per heavy atom. The fourth-order valence-corrected chi connectivity index (χ4v) is 2.62. The first kappa shape index (κ1) is 14.5. The zero-order valence-electron chi connectivity index (χ0n) is 12.5. The maximum atomic E-state index is 6.05. The monoisotopic (exact) mass is 336 g/mol. The van der Waals surface area contributed by atoms with E-state index in [1.54, 1.807) is 6.07 Å². The molecule has 0 radical (unpaired) electrons. The lowest BCUT2D eigenvalue weighted by atomic mass is 10.1. The number of nitrogen functional groups attached to an aromatic ring is 2. The summed E-state index contributed by atoms with van der Waals surface area (Å²) in [6, 6.07) is 16.7. The van der Waals surface area contributed by atoms with Crippen LogP contribution in [0.1, 0.15) is 0 Å². The van der Waals surface area contributed by atoms with E-state index >= 15 is 0 Å². The highest BCUT2D eigenvalue weighted by Gasteiger charge is 2.13. The van der Waals surface area contributed by atoms with Gasteiger partial charge in [-0.2, -0.15) is 14.6 Å². The second-order valence-electron chi connectivity index (χ2n) is 5.30. The van der Waals surface area contributed by atoms with E-state index in [0.29, 0.717) is 22.2 Å². The van der Waals surface area contributed by atoms with E-state index in [9.17, 15) is 0 Å². The van der Waals surface area contributed by atoms with Crippen molar-refractivity contribution in [2.75, 3.05) is 11.5 Å². The standard InChI is InChI=1S/C17H13ClN6/c18-11-7-5-10(6-8-11)14-9-15-21-16(22-17(20)24(15)23-14)12-3-1-2-4-13(12)19/h1-9H,19H2,(H2,20,21,22). The van der Waals surface area contributed by atoms with Crippen molar-refractivity contribution in [2.45, 2.75) is 0 Å². The zero-order valence-corrected chi connectivity index (χ0v) is 13.3. The molecular weight excluding hydrogens is 324 g/mol. The van der Waals surface area contributed by atoms with E-state index in [-0.39, 0.29) is 5.95 Å². The molecule has 0 spiro atoms. The van der Waals surface area contributed by atoms with Crippen LogP contribution < -0.4 is 11.5 Å². The maximum absolute atomic E-state index is 6.05. The molecule has 0 unspecified atom stereocenters. The summed E-state index contributed by atoms with van der Waals surface area (Å²) in [5.74, 6) is 0.721. The third-order valence-corrected chi connectivity index (χ3v) is 3.94. The van der Waals surface area contributed by atoms with E-state index in [1.807, 2.05) is 48.5 Å². The van der Waals surface area contributed by atoms with Crippen molar-refractivity contribution in [3.05, 3.63) is 59.6 Å². The Morgan fingerprint density at radius 2 is 1.67 bits per heavy atom. The molecule has 0 aliphatic rings. The highest BCUT2D eigenvalue weighted by Crippen LogP contribution is 2.26. The molecule has 0 saturated heterocycles. The zero-order chi connectivity index (χ0) is 16.7. The largest absolute Gasteiger partial charge is 0.398 e. The molecule has 0 saturated carbocycles. The topological polar surface area (TPSA) is 95.1 Å². The summed E-state index contributed by atoms with van der Waals surface area (Å²) in [5.41, 5.74) is 15.6. The predicted octanol–water partition coefficient (Wildman–Crippen LogP) is 3.28. The van der Waals surface area contributed by atoms with Crippen LogP contribution in [0.5, 0.6) is 0 Å². The number of para-hydroxylation sites is 1. The molecule has 4 N–H and O–H groups in total. The number of fused-ring (bicyclic) bond motifs is 1. The van der Waals surface area contributed by atoms with Gasteiger partial charge in [0.05, 0.1) is 5.69 Å². The molecule has 0 aliphatic heterocycles.